The molecular formula is C27H32N6O4. The summed E-state index contributed by atoms with van der Waals surface area (Å²) in [6.45, 7) is 3.61. The van der Waals surface area contributed by atoms with Crippen molar-refractivity contribution in [1.29, 1.82) is 0 Å². The van der Waals surface area contributed by atoms with E-state index in [-0.39, 0.29) is 6.03 Å². The van der Waals surface area contributed by atoms with E-state index in [2.05, 4.69) is 15.2 Å². The van der Waals surface area contributed by atoms with Crippen LogP contribution in [0.1, 0.15) is 12.5 Å². The number of nitrogens with one attached hydrogen (secondary N) is 1. The van der Waals surface area contributed by atoms with Crippen molar-refractivity contribution in [2.24, 2.45) is 0 Å². The van der Waals surface area contributed by atoms with E-state index < -0.39 is 0 Å². The lowest BCUT2D eigenvalue weighted by molar-refractivity contribution is 0.219. The molecule has 3 aromatic rings. The maximum atomic E-state index is 13.6. The number of fused-ring (bicyclic) bond motifs is 1. The van der Waals surface area contributed by atoms with Crippen LogP contribution in [0.2, 0.25) is 0 Å². The average Bonchev–Trinajstić information content (AvgIpc) is 2.89. The van der Waals surface area contributed by atoms with Crippen LogP contribution in [0.25, 0.3) is 0 Å². The first-order valence-electron chi connectivity index (χ1n) is 11.9. The van der Waals surface area contributed by atoms with E-state index in [1.165, 1.54) is 4.90 Å². The van der Waals surface area contributed by atoms with E-state index in [0.717, 1.165) is 23.5 Å². The minimum Gasteiger partial charge on any atom is -0.497 e. The molecule has 10 nitrogen and oxygen atoms in total. The molecule has 0 saturated carbocycles. The number of carbonyl (C=O) groups is 1. The number of hydrogen-bond acceptors (Lipinski definition) is 8. The standard InChI is InChI=1S/C27H32N6O4/c1-6-12-32-18-19-17-28-26(29-20-8-7-9-22(15-20)37-14-13-31(2)3)30-25(19)33(27(32)34)23-11-10-21(35-4)16-24(23)36-5/h6-12,15-17H,13-14,18H2,1-5H3,(H,28,29,30)/b12-6-. The summed E-state index contributed by atoms with van der Waals surface area (Å²) in [5, 5.41) is 3.23. The third-order valence-electron chi connectivity index (χ3n) is 5.69. The molecule has 1 N–H and O–H groups in total. The zero-order valence-corrected chi connectivity index (χ0v) is 21.8. The smallest absolute Gasteiger partial charge is 0.334 e. The van der Waals surface area contributed by atoms with Gasteiger partial charge in [-0.05, 0) is 45.3 Å². The van der Waals surface area contributed by atoms with Gasteiger partial charge in [-0.3, -0.25) is 4.90 Å². The molecule has 0 spiro atoms. The molecule has 0 bridgehead atoms. The molecule has 2 heterocycles. The Morgan fingerprint density at radius 3 is 2.68 bits per heavy atom. The lowest BCUT2D eigenvalue weighted by atomic mass is 10.1. The first kappa shape index (κ1) is 25.8. The van der Waals surface area contributed by atoms with Crippen LogP contribution >= 0.6 is 0 Å². The minimum atomic E-state index is -0.255. The monoisotopic (exact) mass is 504 g/mol. The SMILES string of the molecule is C/C=C\N1Cc2cnc(Nc3cccc(OCCN(C)C)c3)nc2N(c2ccc(OC)cc2OC)C1=O. The molecule has 0 radical (unpaired) electrons. The second-order valence-electron chi connectivity index (χ2n) is 8.61. The van der Waals surface area contributed by atoms with Gasteiger partial charge in [0, 0.05) is 42.3 Å². The number of urea groups is 1. The highest BCUT2D eigenvalue weighted by Crippen LogP contribution is 2.40. The molecule has 194 valence electrons. The number of rotatable bonds is 10. The molecule has 2 aromatic carbocycles. The maximum Gasteiger partial charge on any atom is 0.334 e. The van der Waals surface area contributed by atoms with Crippen molar-refractivity contribution in [3.05, 3.63) is 66.5 Å². The Hall–Kier alpha value is -4.31. The minimum absolute atomic E-state index is 0.255. The van der Waals surface area contributed by atoms with Crippen LogP contribution in [-0.4, -0.2) is 67.3 Å². The van der Waals surface area contributed by atoms with Crippen LogP contribution < -0.4 is 24.4 Å². The number of nitrogens with zero attached hydrogens (tertiary/aromatic N) is 5. The molecule has 2 amide bonds. The van der Waals surface area contributed by atoms with Crippen molar-refractivity contribution < 1.29 is 19.0 Å². The second-order valence-corrected chi connectivity index (χ2v) is 8.61. The number of anilines is 4. The topological polar surface area (TPSA) is 92.3 Å². The number of aromatic nitrogens is 2. The zero-order chi connectivity index (χ0) is 26.4. The van der Waals surface area contributed by atoms with E-state index in [1.807, 2.05) is 51.4 Å². The first-order chi connectivity index (χ1) is 17.9. The van der Waals surface area contributed by atoms with Gasteiger partial charge in [-0.2, -0.15) is 4.98 Å². The van der Waals surface area contributed by atoms with Gasteiger partial charge in [-0.1, -0.05) is 12.1 Å². The van der Waals surface area contributed by atoms with Crippen molar-refractivity contribution >= 4 is 29.2 Å². The fourth-order valence-corrected chi connectivity index (χ4v) is 3.86. The van der Waals surface area contributed by atoms with Gasteiger partial charge in [0.2, 0.25) is 5.95 Å². The summed E-state index contributed by atoms with van der Waals surface area (Å²) in [6, 6.07) is 12.6. The Morgan fingerprint density at radius 2 is 1.95 bits per heavy atom. The van der Waals surface area contributed by atoms with Crippen LogP contribution in [0, 0.1) is 0 Å². The quantitative estimate of drug-likeness (QED) is 0.422. The molecule has 0 aliphatic carbocycles. The van der Waals surface area contributed by atoms with Gasteiger partial charge in [0.1, 0.15) is 23.9 Å². The number of allylic oxidation sites excluding steroid dienone is 1. The van der Waals surface area contributed by atoms with E-state index in [9.17, 15) is 4.79 Å². The third kappa shape index (κ3) is 5.92. The van der Waals surface area contributed by atoms with Crippen molar-refractivity contribution in [3.63, 3.8) is 0 Å². The van der Waals surface area contributed by atoms with Gasteiger partial charge in [-0.25, -0.2) is 14.7 Å². The fourth-order valence-electron chi connectivity index (χ4n) is 3.86. The van der Waals surface area contributed by atoms with Gasteiger partial charge in [-0.15, -0.1) is 0 Å². The Bertz CT molecular complexity index is 1280. The number of benzene rings is 2. The highest BCUT2D eigenvalue weighted by atomic mass is 16.5. The molecule has 1 aromatic heterocycles. The predicted molar refractivity (Wildman–Crippen MR) is 143 cm³/mol. The van der Waals surface area contributed by atoms with Crippen LogP contribution in [0.15, 0.2) is 60.9 Å². The summed E-state index contributed by atoms with van der Waals surface area (Å²) >= 11 is 0. The van der Waals surface area contributed by atoms with Gasteiger partial charge in [0.25, 0.3) is 0 Å². The number of hydrogen-bond donors (Lipinski definition) is 1. The average molecular weight is 505 g/mol. The number of ether oxygens (including phenoxy) is 3. The number of amides is 2. The number of carbonyl (C=O) groups excluding carboxylic acids is 1. The van der Waals surface area contributed by atoms with E-state index >= 15 is 0 Å². The van der Waals surface area contributed by atoms with Crippen molar-refractivity contribution in [2.75, 3.05) is 51.7 Å². The summed E-state index contributed by atoms with van der Waals surface area (Å²) in [5.41, 5.74) is 2.11. The van der Waals surface area contributed by atoms with E-state index in [1.54, 1.807) is 49.7 Å². The second kappa shape index (κ2) is 11.6. The summed E-state index contributed by atoms with van der Waals surface area (Å²) in [4.78, 5) is 28.0. The largest absolute Gasteiger partial charge is 0.497 e. The normalized spacial score (nSPS) is 13.2. The lowest BCUT2D eigenvalue weighted by Crippen LogP contribution is -2.42. The Kier molecular flexibility index (Phi) is 8.09. The number of likely N-dealkylation sites (N-methyl/N-ethyl adjacent to an activating group) is 1. The summed E-state index contributed by atoms with van der Waals surface area (Å²) < 4.78 is 16.8. The molecule has 0 atom stereocenters. The molecule has 1 aliphatic rings. The summed E-state index contributed by atoms with van der Waals surface area (Å²) in [7, 11) is 7.14. The van der Waals surface area contributed by atoms with Gasteiger partial charge >= 0.3 is 6.03 Å². The molecular weight excluding hydrogens is 472 g/mol. The fraction of sp³-hybridized carbons (Fsp3) is 0.296. The van der Waals surface area contributed by atoms with Crippen molar-refractivity contribution in [2.45, 2.75) is 13.5 Å². The van der Waals surface area contributed by atoms with Crippen LogP contribution in [-0.2, 0) is 6.54 Å². The first-order valence-corrected chi connectivity index (χ1v) is 11.9. The van der Waals surface area contributed by atoms with Crippen molar-refractivity contribution in [3.8, 4) is 17.2 Å². The van der Waals surface area contributed by atoms with Crippen LogP contribution in [0.5, 0.6) is 17.2 Å². The van der Waals surface area contributed by atoms with Crippen LogP contribution in [0.3, 0.4) is 0 Å². The summed E-state index contributed by atoms with van der Waals surface area (Å²) in [5.74, 6) is 2.68. The Labute approximate surface area is 217 Å². The van der Waals surface area contributed by atoms with Gasteiger partial charge in [0.05, 0.1) is 26.5 Å². The molecule has 0 saturated heterocycles. The maximum absolute atomic E-state index is 13.6. The van der Waals surface area contributed by atoms with Crippen molar-refractivity contribution in [1.82, 2.24) is 19.8 Å². The Morgan fingerprint density at radius 1 is 1.11 bits per heavy atom. The lowest BCUT2D eigenvalue weighted by Gasteiger charge is -2.35. The third-order valence-corrected chi connectivity index (χ3v) is 5.69. The van der Waals surface area contributed by atoms with Gasteiger partial charge < -0.3 is 24.4 Å². The van der Waals surface area contributed by atoms with E-state index in [4.69, 9.17) is 19.2 Å². The molecule has 10 heteroatoms. The molecule has 0 unspecified atom stereocenters. The molecule has 37 heavy (non-hydrogen) atoms. The Balaban J connectivity index is 1.68. The summed E-state index contributed by atoms with van der Waals surface area (Å²) in [6.07, 6.45) is 5.28. The molecule has 0 fully saturated rings. The highest BCUT2D eigenvalue weighted by molar-refractivity contribution is 6.02. The van der Waals surface area contributed by atoms with Gasteiger partial charge in [0.15, 0.2) is 5.82 Å². The molecule has 1 aliphatic heterocycles. The zero-order valence-electron chi connectivity index (χ0n) is 21.8. The predicted octanol–water partition coefficient (Wildman–Crippen LogP) is 4.79. The number of methoxy groups -OCH3 is 2. The van der Waals surface area contributed by atoms with E-state index in [0.29, 0.717) is 42.1 Å². The highest BCUT2D eigenvalue weighted by Gasteiger charge is 2.34. The molecule has 4 rings (SSSR count). The van der Waals surface area contributed by atoms with Crippen LogP contribution in [0.4, 0.5) is 27.9 Å².